The van der Waals surface area contributed by atoms with Crippen molar-refractivity contribution in [2.24, 2.45) is 35.5 Å². The number of amides is 1. The molecule has 1 aliphatic carbocycles. The number of aliphatic hydroxyl groups excluding tert-OH is 2. The molecule has 0 aromatic heterocycles. The van der Waals surface area contributed by atoms with Gasteiger partial charge in [-0.3, -0.25) is 19.2 Å². The normalized spacial score (nSPS) is 40.1. The number of Topliss-reactive ketones (excluding diaryl/α,β-unsaturated/α-hetero) is 3. The first kappa shape index (κ1) is 52.3. The third-order valence-corrected chi connectivity index (χ3v) is 14.2. The monoisotopic (exact) mass is 884 g/mol. The molecule has 13 heteroatoms. The molecule has 2 saturated heterocycles. The summed E-state index contributed by atoms with van der Waals surface area (Å²) >= 11 is 0. The van der Waals surface area contributed by atoms with Gasteiger partial charge in [0.15, 0.2) is 0 Å². The van der Waals surface area contributed by atoms with Crippen molar-refractivity contribution in [3.05, 3.63) is 47.6 Å². The number of ketones is 3. The van der Waals surface area contributed by atoms with Gasteiger partial charge in [0.2, 0.25) is 5.79 Å². The minimum absolute atomic E-state index is 0.0725. The third-order valence-electron chi connectivity index (χ3n) is 14.2. The largest absolute Gasteiger partial charge is 0.460 e. The van der Waals surface area contributed by atoms with E-state index >= 15 is 0 Å². The van der Waals surface area contributed by atoms with Crippen LogP contribution in [0.5, 0.6) is 0 Å². The maximum atomic E-state index is 14.3. The van der Waals surface area contributed by atoms with Crippen molar-refractivity contribution in [2.75, 3.05) is 20.8 Å². The van der Waals surface area contributed by atoms with Crippen molar-refractivity contribution >= 4 is 29.2 Å². The highest BCUT2D eigenvalue weighted by Gasteiger charge is 2.53. The lowest BCUT2D eigenvalue weighted by Crippen LogP contribution is -2.61. The van der Waals surface area contributed by atoms with E-state index in [0.717, 1.165) is 12.0 Å². The fourth-order valence-electron chi connectivity index (χ4n) is 9.78. The van der Waals surface area contributed by atoms with E-state index < -0.39 is 71.8 Å². The number of esters is 1. The molecule has 13 nitrogen and oxygen atoms in total. The average molecular weight is 884 g/mol. The highest BCUT2D eigenvalue weighted by molar-refractivity contribution is 6.39. The zero-order chi connectivity index (χ0) is 46.6. The van der Waals surface area contributed by atoms with Crippen LogP contribution in [0.4, 0.5) is 0 Å². The van der Waals surface area contributed by atoms with Crippen molar-refractivity contribution in [3.8, 4) is 0 Å². The van der Waals surface area contributed by atoms with Gasteiger partial charge in [0.25, 0.3) is 11.7 Å². The van der Waals surface area contributed by atoms with Gasteiger partial charge in [-0.15, -0.1) is 0 Å². The van der Waals surface area contributed by atoms with E-state index in [1.54, 1.807) is 41.1 Å². The summed E-state index contributed by atoms with van der Waals surface area (Å²) < 4.78 is 23.8. The molecular weight excluding hydrogens is 807 g/mol. The molecule has 3 heterocycles. The van der Waals surface area contributed by atoms with Crippen LogP contribution in [0.15, 0.2) is 47.6 Å². The van der Waals surface area contributed by atoms with Gasteiger partial charge >= 0.3 is 5.97 Å². The van der Waals surface area contributed by atoms with Gasteiger partial charge in [-0.2, -0.15) is 0 Å². The molecule has 354 valence electrons. The number of cyclic esters (lactones) is 1. The number of nitrogens with zero attached hydrogens (tertiary/aromatic N) is 1. The van der Waals surface area contributed by atoms with Gasteiger partial charge in [-0.25, -0.2) is 4.79 Å². The first-order chi connectivity index (χ1) is 29.8. The maximum absolute atomic E-state index is 14.3. The number of piperidine rings is 1. The molecule has 0 spiro atoms. The number of rotatable bonds is 5. The number of methoxy groups -OCH3 is 2. The molecule has 0 aromatic carbocycles. The third kappa shape index (κ3) is 14.3. The topological polar surface area (TPSA) is 186 Å². The van der Waals surface area contributed by atoms with Crippen LogP contribution in [0.3, 0.4) is 0 Å². The maximum Gasteiger partial charge on any atom is 0.329 e. The van der Waals surface area contributed by atoms with Crippen molar-refractivity contribution < 1.29 is 58.2 Å². The summed E-state index contributed by atoms with van der Waals surface area (Å²) in [6, 6.07) is -1.12. The van der Waals surface area contributed by atoms with Crippen molar-refractivity contribution in [2.45, 2.75) is 180 Å². The molecular formula is C50H77NO12. The molecule has 4 aliphatic rings. The number of aliphatic hydroxyl groups is 3. The summed E-state index contributed by atoms with van der Waals surface area (Å²) in [5.74, 6) is -7.36. The number of hydrogen-bond donors (Lipinski definition) is 3. The lowest BCUT2D eigenvalue weighted by atomic mass is 9.78. The van der Waals surface area contributed by atoms with Crippen LogP contribution >= 0.6 is 0 Å². The summed E-state index contributed by atoms with van der Waals surface area (Å²) in [6.07, 6.45) is 13.0. The Bertz CT molecular complexity index is 1700. The molecule has 1 amide bonds. The number of hydrogen-bond acceptors (Lipinski definition) is 12. The average Bonchev–Trinajstić information content (AvgIpc) is 3.25. The summed E-state index contributed by atoms with van der Waals surface area (Å²) in [5.41, 5.74) is 1.39. The predicted octanol–water partition coefficient (Wildman–Crippen LogP) is 6.56. The molecule has 3 aliphatic heterocycles. The van der Waals surface area contributed by atoms with Crippen LogP contribution < -0.4 is 0 Å². The molecule has 4 rings (SSSR count). The van der Waals surface area contributed by atoms with Gasteiger partial charge in [0.05, 0.1) is 30.5 Å². The molecule has 14 atom stereocenters. The van der Waals surface area contributed by atoms with Crippen LogP contribution in [-0.4, -0.2) is 119 Å². The second-order valence-electron chi connectivity index (χ2n) is 19.3. The van der Waals surface area contributed by atoms with E-state index in [9.17, 15) is 39.3 Å². The fraction of sp³-hybridized carbons (Fsp3) is 0.740. The lowest BCUT2D eigenvalue weighted by molar-refractivity contribution is -0.265. The van der Waals surface area contributed by atoms with Gasteiger partial charge in [0, 0.05) is 57.8 Å². The van der Waals surface area contributed by atoms with E-state index in [4.69, 9.17) is 18.9 Å². The van der Waals surface area contributed by atoms with Crippen molar-refractivity contribution in [3.63, 3.8) is 0 Å². The van der Waals surface area contributed by atoms with Crippen LogP contribution in [-0.2, 0) is 42.9 Å². The Morgan fingerprint density at radius 1 is 0.841 bits per heavy atom. The Hall–Kier alpha value is -3.33. The number of fused-ring (bicyclic) bond motifs is 3. The minimum Gasteiger partial charge on any atom is -0.460 e. The van der Waals surface area contributed by atoms with Crippen LogP contribution in [0.2, 0.25) is 0 Å². The van der Waals surface area contributed by atoms with Crippen LogP contribution in [0.1, 0.15) is 132 Å². The van der Waals surface area contributed by atoms with Gasteiger partial charge in [0.1, 0.15) is 23.7 Å². The molecule has 0 aromatic rings. The molecule has 1 saturated carbocycles. The van der Waals surface area contributed by atoms with Crippen molar-refractivity contribution in [1.82, 2.24) is 4.90 Å². The van der Waals surface area contributed by atoms with Gasteiger partial charge in [-0.05, 0) is 107 Å². The molecule has 3 fully saturated rings. The first-order valence-corrected chi connectivity index (χ1v) is 23.4. The summed E-state index contributed by atoms with van der Waals surface area (Å²) in [4.78, 5) is 71.1. The predicted molar refractivity (Wildman–Crippen MR) is 239 cm³/mol. The van der Waals surface area contributed by atoms with E-state index in [0.29, 0.717) is 63.4 Å². The fourth-order valence-corrected chi connectivity index (χ4v) is 9.78. The second-order valence-corrected chi connectivity index (χ2v) is 19.3. The first-order valence-electron chi connectivity index (χ1n) is 23.4. The molecule has 63 heavy (non-hydrogen) atoms. The Morgan fingerprint density at radius 2 is 1.57 bits per heavy atom. The number of allylic oxidation sites excluding steroid dienone is 6. The zero-order valence-corrected chi connectivity index (χ0v) is 39.3. The Morgan fingerprint density at radius 3 is 2.27 bits per heavy atom. The number of carbonyl (C=O) groups excluding carboxylic acids is 5. The minimum atomic E-state index is -2.42. The Labute approximate surface area is 375 Å². The summed E-state index contributed by atoms with van der Waals surface area (Å²) in [5, 5.41) is 33.5. The van der Waals surface area contributed by atoms with E-state index in [1.165, 1.54) is 4.90 Å². The number of ether oxygens (including phenoxy) is 4. The molecule has 2 bridgehead atoms. The summed E-state index contributed by atoms with van der Waals surface area (Å²) in [6.45, 7) is 12.9. The second kappa shape index (κ2) is 24.3. The van der Waals surface area contributed by atoms with E-state index in [-0.39, 0.29) is 67.1 Å². The standard InChI is InChI=1S/C50H77NO12/c1-30-15-11-10-12-16-31(2)44(60-8)27-38-20-18-36(7)50(59,63-38)47(56)48(57)51-22-14-13-17-39(51)49(58)62-45(35(6)25-37-19-21-40(52)46(26-37)61-9)29-43(55)34(5)24-33(4)42(54)28-41(53)32(3)23-30/h10-12,15-16,24,30,32,34-40,42,44-46,52,54,59H,13-14,17-23,25-29H2,1-9H3/b12-10+,15-11+,31-16+,33-24+/t30-,32-,34-,35-,36-,37?,38+,39+,40-,42+,44+,45?,46-,50-/m1/s1. The molecule has 0 radical (unpaired) electrons. The quantitative estimate of drug-likeness (QED) is 0.154. The number of carbonyl (C=O) groups is 5. The SMILES string of the molecule is CO[C@H]1C[C@@H]2CC[C@@H](C)[C@@](O)(O2)C(=O)C(=O)N2CCCC[C@H]2C(=O)OC([C@H](C)CC2CC[C@@H](O)[C@H](OC)C2)CC(=O)[C@H](C)/C=C(\C)[C@@H](O)CC(=O)[C@H](C)C[C@H](C)/C=C/C=C/C=C/1C. The smallest absolute Gasteiger partial charge is 0.329 e. The van der Waals surface area contributed by atoms with E-state index in [2.05, 4.69) is 0 Å². The molecule has 2 unspecified atom stereocenters. The zero-order valence-electron chi connectivity index (χ0n) is 39.3. The highest BCUT2D eigenvalue weighted by Crippen LogP contribution is 2.37. The van der Waals surface area contributed by atoms with Gasteiger partial charge < -0.3 is 39.2 Å². The summed E-state index contributed by atoms with van der Waals surface area (Å²) in [7, 11) is 3.15. The highest BCUT2D eigenvalue weighted by atomic mass is 16.6. The van der Waals surface area contributed by atoms with Gasteiger partial charge in [-0.1, -0.05) is 71.1 Å². The Kier molecular flexibility index (Phi) is 20.1. The molecule has 3 N–H and O–H groups in total. The lowest BCUT2D eigenvalue weighted by Gasteiger charge is -2.42. The van der Waals surface area contributed by atoms with Crippen LogP contribution in [0, 0.1) is 35.5 Å². The van der Waals surface area contributed by atoms with Crippen molar-refractivity contribution in [1.29, 1.82) is 0 Å². The Balaban J connectivity index is 1.67. The van der Waals surface area contributed by atoms with Crippen LogP contribution in [0.25, 0.3) is 0 Å². The van der Waals surface area contributed by atoms with E-state index in [1.807, 2.05) is 58.1 Å².